The summed E-state index contributed by atoms with van der Waals surface area (Å²) in [4.78, 5) is 1.30. The van der Waals surface area contributed by atoms with E-state index in [0.29, 0.717) is 5.75 Å². The first-order valence-electron chi connectivity index (χ1n) is 4.31. The molecular weight excluding hydrogens is 202 g/mol. The molecule has 0 saturated heterocycles. The lowest BCUT2D eigenvalue weighted by molar-refractivity contribution is 0.676. The normalized spacial score (nSPS) is 15.5. The maximum absolute atomic E-state index is 11.4. The molecule has 2 nitrogen and oxygen atoms in total. The molecule has 13 heavy (non-hydrogen) atoms. The van der Waals surface area contributed by atoms with Gasteiger partial charge in [0.25, 0.3) is 0 Å². The van der Waals surface area contributed by atoms with Gasteiger partial charge in [0.05, 0.1) is 0 Å². The van der Waals surface area contributed by atoms with E-state index in [0.717, 1.165) is 12.2 Å². The lowest BCUT2D eigenvalue weighted by Crippen LogP contribution is -2.24. The molecule has 2 atom stereocenters. The Labute approximate surface area is 85.6 Å². The molecule has 0 bridgehead atoms. The van der Waals surface area contributed by atoms with Crippen LogP contribution in [0.5, 0.6) is 0 Å². The van der Waals surface area contributed by atoms with Crippen molar-refractivity contribution in [2.75, 3.05) is 11.5 Å². The monoisotopic (exact) mass is 217 g/mol. The van der Waals surface area contributed by atoms with Crippen molar-refractivity contribution in [2.45, 2.75) is 19.4 Å². The first-order chi connectivity index (χ1) is 6.18. The molecule has 0 saturated carbocycles. The smallest absolute Gasteiger partial charge is 0.0384 e. The van der Waals surface area contributed by atoms with Gasteiger partial charge in [-0.1, -0.05) is 6.07 Å². The number of hydrogen-bond donors (Lipinski definition) is 1. The third kappa shape index (κ3) is 4.55. The summed E-state index contributed by atoms with van der Waals surface area (Å²) in [6.07, 6.45) is 0.914. The molecule has 1 heterocycles. The summed E-state index contributed by atoms with van der Waals surface area (Å²) < 4.78 is 11.4. The second kappa shape index (κ2) is 5.52. The largest absolute Gasteiger partial charge is 0.327 e. The Balaban J connectivity index is 2.23. The van der Waals surface area contributed by atoms with Crippen LogP contribution in [0.2, 0.25) is 0 Å². The van der Waals surface area contributed by atoms with Crippen LogP contribution in [-0.4, -0.2) is 21.8 Å². The molecule has 0 aliphatic rings. The van der Waals surface area contributed by atoms with Gasteiger partial charge >= 0.3 is 0 Å². The van der Waals surface area contributed by atoms with Crippen LogP contribution in [0.3, 0.4) is 0 Å². The van der Waals surface area contributed by atoms with Crippen molar-refractivity contribution in [3.8, 4) is 0 Å². The first kappa shape index (κ1) is 10.9. The second-order valence-electron chi connectivity index (χ2n) is 3.12. The zero-order valence-electron chi connectivity index (χ0n) is 7.73. The van der Waals surface area contributed by atoms with Gasteiger partial charge in [0.15, 0.2) is 0 Å². The molecule has 0 radical (unpaired) electrons. The van der Waals surface area contributed by atoms with Crippen LogP contribution in [0.25, 0.3) is 0 Å². The molecule has 74 valence electrons. The summed E-state index contributed by atoms with van der Waals surface area (Å²) in [6, 6.07) is 4.14. The van der Waals surface area contributed by atoms with Crippen LogP contribution in [0.15, 0.2) is 17.5 Å². The van der Waals surface area contributed by atoms with E-state index in [1.807, 2.05) is 18.4 Å². The van der Waals surface area contributed by atoms with Crippen molar-refractivity contribution >= 4 is 22.1 Å². The molecule has 0 aliphatic heterocycles. The summed E-state index contributed by atoms with van der Waals surface area (Å²) >= 11 is 1.72. The average Bonchev–Trinajstić information content (AvgIpc) is 2.51. The second-order valence-corrected chi connectivity index (χ2v) is 5.77. The van der Waals surface area contributed by atoms with Gasteiger partial charge in [0.2, 0.25) is 0 Å². The van der Waals surface area contributed by atoms with Gasteiger partial charge in [-0.25, -0.2) is 0 Å². The molecule has 1 aromatic heterocycles. The van der Waals surface area contributed by atoms with Crippen molar-refractivity contribution < 1.29 is 4.21 Å². The quantitative estimate of drug-likeness (QED) is 0.810. The topological polar surface area (TPSA) is 43.1 Å². The maximum Gasteiger partial charge on any atom is 0.0384 e. The van der Waals surface area contributed by atoms with E-state index in [-0.39, 0.29) is 6.04 Å². The molecule has 0 spiro atoms. The fraction of sp³-hybridized carbons (Fsp3) is 0.556. The van der Waals surface area contributed by atoms with Gasteiger partial charge in [0, 0.05) is 33.2 Å². The van der Waals surface area contributed by atoms with Gasteiger partial charge in [-0.2, -0.15) is 0 Å². The highest BCUT2D eigenvalue weighted by Gasteiger charge is 2.03. The number of thiophene rings is 1. The number of rotatable bonds is 5. The zero-order chi connectivity index (χ0) is 9.68. The average molecular weight is 217 g/mol. The molecule has 1 aromatic rings. The Hall–Kier alpha value is -0.190. The van der Waals surface area contributed by atoms with E-state index in [1.54, 1.807) is 11.3 Å². The molecule has 4 heteroatoms. The van der Waals surface area contributed by atoms with Crippen LogP contribution in [0.1, 0.15) is 11.8 Å². The van der Waals surface area contributed by atoms with E-state index >= 15 is 0 Å². The van der Waals surface area contributed by atoms with Gasteiger partial charge in [-0.3, -0.25) is 4.21 Å². The van der Waals surface area contributed by atoms with Crippen molar-refractivity contribution in [1.82, 2.24) is 0 Å². The predicted octanol–water partition coefficient (Wildman–Crippen LogP) is 1.39. The molecule has 0 fully saturated rings. The minimum absolute atomic E-state index is 0.0455. The summed E-state index contributed by atoms with van der Waals surface area (Å²) in [7, 11) is -0.753. The fourth-order valence-corrected chi connectivity index (χ4v) is 3.08. The Morgan fingerprint density at radius 2 is 2.46 bits per heavy atom. The fourth-order valence-electron chi connectivity index (χ4n) is 1.05. The van der Waals surface area contributed by atoms with Gasteiger partial charge in [-0.05, 0) is 24.8 Å². The van der Waals surface area contributed by atoms with E-state index in [1.165, 1.54) is 4.88 Å². The number of aryl methyl sites for hydroxylation is 1. The lowest BCUT2D eigenvalue weighted by atomic mass is 10.4. The van der Waals surface area contributed by atoms with Crippen LogP contribution in [0.4, 0.5) is 0 Å². The zero-order valence-corrected chi connectivity index (χ0v) is 9.37. The Morgan fingerprint density at radius 3 is 3.00 bits per heavy atom. The number of hydrogen-bond acceptors (Lipinski definition) is 3. The summed E-state index contributed by atoms with van der Waals surface area (Å²) in [5, 5.41) is 2.05. The summed E-state index contributed by atoms with van der Waals surface area (Å²) in [6.45, 7) is 1.89. The third-order valence-electron chi connectivity index (χ3n) is 1.61. The third-order valence-corrected chi connectivity index (χ3v) is 4.10. The first-order valence-corrected chi connectivity index (χ1v) is 6.68. The molecule has 0 aliphatic carbocycles. The van der Waals surface area contributed by atoms with E-state index in [4.69, 9.17) is 5.73 Å². The molecule has 2 unspecified atom stereocenters. The number of nitrogens with two attached hydrogens (primary N) is 1. The Morgan fingerprint density at radius 1 is 1.69 bits per heavy atom. The highest BCUT2D eigenvalue weighted by molar-refractivity contribution is 7.85. The summed E-state index contributed by atoms with van der Waals surface area (Å²) in [5.74, 6) is 1.35. The van der Waals surface area contributed by atoms with Crippen molar-refractivity contribution in [1.29, 1.82) is 0 Å². The van der Waals surface area contributed by atoms with E-state index in [9.17, 15) is 4.21 Å². The van der Waals surface area contributed by atoms with Gasteiger partial charge in [0.1, 0.15) is 0 Å². The lowest BCUT2D eigenvalue weighted by Gasteiger charge is -2.03. The highest BCUT2D eigenvalue weighted by atomic mass is 32.2. The van der Waals surface area contributed by atoms with E-state index < -0.39 is 10.8 Å². The summed E-state index contributed by atoms with van der Waals surface area (Å²) in [5.41, 5.74) is 5.55. The maximum atomic E-state index is 11.4. The molecule has 0 aromatic carbocycles. The molecule has 2 N–H and O–H groups in total. The standard InChI is InChI=1S/C9H15NOS2/c1-8(10)7-13(11)6-4-9-3-2-5-12-9/h2-3,5,8H,4,6-7,10H2,1H3. The molecular formula is C9H15NOS2. The van der Waals surface area contributed by atoms with Gasteiger partial charge < -0.3 is 5.73 Å². The van der Waals surface area contributed by atoms with Crippen LogP contribution < -0.4 is 5.73 Å². The van der Waals surface area contributed by atoms with Crippen molar-refractivity contribution in [3.63, 3.8) is 0 Å². The minimum atomic E-state index is -0.753. The highest BCUT2D eigenvalue weighted by Crippen LogP contribution is 2.09. The van der Waals surface area contributed by atoms with E-state index in [2.05, 4.69) is 6.07 Å². The SMILES string of the molecule is CC(N)CS(=O)CCc1cccs1. The molecule has 0 amide bonds. The van der Waals surface area contributed by atoms with Crippen LogP contribution >= 0.6 is 11.3 Å². The van der Waals surface area contributed by atoms with Crippen molar-refractivity contribution in [3.05, 3.63) is 22.4 Å². The van der Waals surface area contributed by atoms with Crippen molar-refractivity contribution in [2.24, 2.45) is 5.73 Å². The predicted molar refractivity (Wildman–Crippen MR) is 59.5 cm³/mol. The Kier molecular flexibility index (Phi) is 4.62. The Bertz CT molecular complexity index is 257. The van der Waals surface area contributed by atoms with Crippen LogP contribution in [0, 0.1) is 0 Å². The molecule has 1 rings (SSSR count). The van der Waals surface area contributed by atoms with Gasteiger partial charge in [-0.15, -0.1) is 11.3 Å². The van der Waals surface area contributed by atoms with Crippen LogP contribution in [-0.2, 0) is 17.2 Å². The minimum Gasteiger partial charge on any atom is -0.327 e.